The molecular weight excluding hydrogens is 499 g/mol. The summed E-state index contributed by atoms with van der Waals surface area (Å²) in [6.45, 7) is 2.10. The molecule has 0 spiro atoms. The van der Waals surface area contributed by atoms with Gasteiger partial charge in [-0.15, -0.1) is 0 Å². The van der Waals surface area contributed by atoms with Crippen LogP contribution in [0.5, 0.6) is 11.5 Å². The van der Waals surface area contributed by atoms with Crippen molar-refractivity contribution in [2.24, 2.45) is 0 Å². The Morgan fingerprint density at radius 3 is 2.47 bits per heavy atom. The second-order valence-electron chi connectivity index (χ2n) is 8.74. The zero-order chi connectivity index (χ0) is 27.6. The van der Waals surface area contributed by atoms with Gasteiger partial charge in [0.25, 0.3) is 0 Å². The topological polar surface area (TPSA) is 186 Å². The average Bonchev–Trinajstić information content (AvgIpc) is 2.89. The highest BCUT2D eigenvalue weighted by Crippen LogP contribution is 2.30. The number of benzene rings is 2. The second kappa shape index (κ2) is 10.8. The van der Waals surface area contributed by atoms with E-state index >= 15 is 0 Å². The van der Waals surface area contributed by atoms with E-state index < -0.39 is 48.8 Å². The number of amides is 5. The summed E-state index contributed by atoms with van der Waals surface area (Å²) in [5.74, 6) is -4.97. The molecule has 2 aliphatic rings. The number of carbonyl (C=O) groups excluding carboxylic acids is 4. The van der Waals surface area contributed by atoms with Crippen molar-refractivity contribution in [3.05, 3.63) is 59.2 Å². The number of nitrogens with zero attached hydrogens (tertiary/aromatic N) is 2. The zero-order valence-electron chi connectivity index (χ0n) is 20.3. The van der Waals surface area contributed by atoms with E-state index in [2.05, 4.69) is 10.6 Å². The van der Waals surface area contributed by atoms with E-state index in [1.807, 2.05) is 0 Å². The van der Waals surface area contributed by atoms with E-state index in [0.29, 0.717) is 12.1 Å². The van der Waals surface area contributed by atoms with E-state index in [1.54, 1.807) is 13.0 Å². The van der Waals surface area contributed by atoms with Gasteiger partial charge in [-0.2, -0.15) is 0 Å². The number of para-hydroxylation sites is 1. The number of phenolic OH excluding ortho intramolecular Hbond substituents is 1. The minimum Gasteiger partial charge on any atom is -0.534 e. The molecule has 2 atom stereocenters. The third-order valence-corrected chi connectivity index (χ3v) is 6.37. The van der Waals surface area contributed by atoms with Crippen LogP contribution in [0.1, 0.15) is 34.5 Å². The van der Waals surface area contributed by atoms with Crippen molar-refractivity contribution >= 4 is 36.8 Å². The molecule has 1 fully saturated rings. The number of hydrogen-bond acceptors (Lipinski definition) is 8. The number of likely N-dealkylation sites (N-methyl/N-ethyl adjacent to an activating group) is 1. The number of nitrogens with one attached hydrogen (secondary N) is 2. The third kappa shape index (κ3) is 5.25. The summed E-state index contributed by atoms with van der Waals surface area (Å²) in [4.78, 5) is 64.6. The highest BCUT2D eigenvalue weighted by Gasteiger charge is 2.40. The molecule has 5 amide bonds. The maximum Gasteiger partial charge on any atom is 0.547 e. The van der Waals surface area contributed by atoms with Gasteiger partial charge in [0.05, 0.1) is 11.5 Å². The molecule has 14 heteroatoms. The number of piperazine rings is 1. The number of phenols is 1. The van der Waals surface area contributed by atoms with Crippen LogP contribution in [-0.2, 0) is 20.8 Å². The minimum absolute atomic E-state index is 0.00390. The van der Waals surface area contributed by atoms with Crippen LogP contribution < -0.4 is 15.3 Å². The fourth-order valence-electron chi connectivity index (χ4n) is 4.32. The number of urea groups is 1. The van der Waals surface area contributed by atoms with Gasteiger partial charge in [-0.3, -0.25) is 19.3 Å². The molecule has 38 heavy (non-hydrogen) atoms. The van der Waals surface area contributed by atoms with Crippen molar-refractivity contribution in [1.82, 2.24) is 20.4 Å². The van der Waals surface area contributed by atoms with Crippen molar-refractivity contribution in [1.29, 1.82) is 0 Å². The van der Waals surface area contributed by atoms with Gasteiger partial charge < -0.3 is 35.4 Å². The quantitative estimate of drug-likeness (QED) is 0.249. The summed E-state index contributed by atoms with van der Waals surface area (Å²) in [7, 11) is -1.59. The van der Waals surface area contributed by atoms with Crippen LogP contribution in [0.3, 0.4) is 0 Å². The molecule has 0 aliphatic carbocycles. The molecule has 0 aromatic heterocycles. The lowest BCUT2D eigenvalue weighted by atomic mass is 9.72. The lowest BCUT2D eigenvalue weighted by molar-refractivity contribution is -0.153. The lowest BCUT2D eigenvalue weighted by Crippen LogP contribution is -2.60. The normalized spacial score (nSPS) is 17.8. The Balaban J connectivity index is 1.54. The van der Waals surface area contributed by atoms with Gasteiger partial charge in [-0.25, -0.2) is 9.59 Å². The van der Waals surface area contributed by atoms with Crippen molar-refractivity contribution in [3.8, 4) is 11.5 Å². The molecule has 4 rings (SSSR count). The first-order valence-corrected chi connectivity index (χ1v) is 11.8. The van der Waals surface area contributed by atoms with Gasteiger partial charge in [-0.05, 0) is 42.7 Å². The van der Waals surface area contributed by atoms with E-state index in [1.165, 1.54) is 41.3 Å². The summed E-state index contributed by atoms with van der Waals surface area (Å²) < 4.78 is 5.41. The van der Waals surface area contributed by atoms with Crippen molar-refractivity contribution in [2.75, 3.05) is 19.6 Å². The number of imide groups is 1. The number of carboxylic acid groups (broad SMARTS) is 1. The molecular formula is C24H25BN4O9. The van der Waals surface area contributed by atoms with Crippen molar-refractivity contribution in [3.63, 3.8) is 0 Å². The summed E-state index contributed by atoms with van der Waals surface area (Å²) in [5, 5.41) is 34.6. The third-order valence-electron chi connectivity index (χ3n) is 6.37. The minimum atomic E-state index is -1.59. The summed E-state index contributed by atoms with van der Waals surface area (Å²) >= 11 is 0. The SMILES string of the molecule is CCN1CCN(C(=O)NC(C(=O)N[C@H]2Cc3cccc(C(=O)O)c3OB2O)c2ccc(O)cc2)C(=O)C1=O. The molecule has 2 aromatic rings. The van der Waals surface area contributed by atoms with Crippen LogP contribution in [0.15, 0.2) is 42.5 Å². The molecule has 0 radical (unpaired) electrons. The number of carbonyl (C=O) groups is 5. The first kappa shape index (κ1) is 26.5. The molecule has 13 nitrogen and oxygen atoms in total. The summed E-state index contributed by atoms with van der Waals surface area (Å²) in [6.07, 6.45) is 0.0333. The maximum atomic E-state index is 13.4. The maximum absolute atomic E-state index is 13.4. The number of rotatable bonds is 6. The molecule has 198 valence electrons. The van der Waals surface area contributed by atoms with Crippen LogP contribution in [0, 0.1) is 0 Å². The number of fused-ring (bicyclic) bond motifs is 1. The predicted octanol–water partition coefficient (Wildman–Crippen LogP) is -0.329. The molecule has 1 unspecified atom stereocenters. The van der Waals surface area contributed by atoms with Gasteiger partial charge in [0.1, 0.15) is 17.5 Å². The van der Waals surface area contributed by atoms with E-state index in [4.69, 9.17) is 4.65 Å². The van der Waals surface area contributed by atoms with Gasteiger partial charge in [0.2, 0.25) is 5.91 Å². The lowest BCUT2D eigenvalue weighted by Gasteiger charge is -2.33. The fraction of sp³-hybridized carbons (Fsp3) is 0.292. The Labute approximate surface area is 217 Å². The van der Waals surface area contributed by atoms with Crippen LogP contribution >= 0.6 is 0 Å². The highest BCUT2D eigenvalue weighted by molar-refractivity contribution is 6.47. The Bertz CT molecular complexity index is 1290. The van der Waals surface area contributed by atoms with Gasteiger partial charge in [0, 0.05) is 19.6 Å². The van der Waals surface area contributed by atoms with Crippen LogP contribution in [0.4, 0.5) is 4.79 Å². The summed E-state index contributed by atoms with van der Waals surface area (Å²) in [6, 6.07) is 7.49. The number of aromatic hydroxyl groups is 1. The van der Waals surface area contributed by atoms with E-state index in [9.17, 15) is 39.2 Å². The molecule has 2 aromatic carbocycles. The molecule has 0 bridgehead atoms. The first-order chi connectivity index (χ1) is 18.1. The zero-order valence-corrected chi connectivity index (χ0v) is 20.3. The predicted molar refractivity (Wildman–Crippen MR) is 131 cm³/mol. The number of carboxylic acids is 1. The molecule has 1 saturated heterocycles. The monoisotopic (exact) mass is 524 g/mol. The Morgan fingerprint density at radius 2 is 1.82 bits per heavy atom. The van der Waals surface area contributed by atoms with Crippen molar-refractivity contribution in [2.45, 2.75) is 25.3 Å². The largest absolute Gasteiger partial charge is 0.547 e. The van der Waals surface area contributed by atoms with E-state index in [0.717, 1.165) is 4.90 Å². The second-order valence-corrected chi connectivity index (χ2v) is 8.74. The van der Waals surface area contributed by atoms with Crippen LogP contribution in [0.2, 0.25) is 0 Å². The van der Waals surface area contributed by atoms with Crippen molar-refractivity contribution < 1.29 is 43.9 Å². The van der Waals surface area contributed by atoms with E-state index in [-0.39, 0.29) is 42.1 Å². The Kier molecular flexibility index (Phi) is 7.53. The molecule has 2 aliphatic heterocycles. The standard InChI is InChI=1S/C24H25BN4O9/c1-2-28-10-11-29(22(33)21(28)32)24(36)27-18(13-6-8-15(30)9-7-13)20(31)26-17-12-14-4-3-5-16(23(34)35)19(14)38-25(17)37/h3-9,17-18,30,37H,2,10-12H2,1H3,(H,26,31)(H,27,36)(H,34,35)/t17-,18?/m0/s1. The van der Waals surface area contributed by atoms with Crippen LogP contribution in [-0.4, -0.2) is 87.5 Å². The molecule has 2 heterocycles. The smallest absolute Gasteiger partial charge is 0.534 e. The van der Waals surface area contributed by atoms with Crippen LogP contribution in [0.25, 0.3) is 0 Å². The first-order valence-electron chi connectivity index (χ1n) is 11.8. The molecule has 5 N–H and O–H groups in total. The highest BCUT2D eigenvalue weighted by atomic mass is 16.5. The average molecular weight is 524 g/mol. The fourth-order valence-corrected chi connectivity index (χ4v) is 4.32. The number of aromatic carboxylic acids is 1. The van der Waals surface area contributed by atoms with Gasteiger partial charge in [0.15, 0.2) is 0 Å². The Morgan fingerprint density at radius 1 is 1.11 bits per heavy atom. The summed E-state index contributed by atoms with van der Waals surface area (Å²) in [5.41, 5.74) is 0.561. The molecule has 0 saturated carbocycles. The number of hydrogen-bond donors (Lipinski definition) is 5. The van der Waals surface area contributed by atoms with Gasteiger partial charge >= 0.3 is 30.9 Å². The Hall–Kier alpha value is -4.59. The van der Waals surface area contributed by atoms with Gasteiger partial charge in [-0.1, -0.05) is 24.3 Å².